The molecule has 4 nitrogen and oxygen atoms in total. The highest BCUT2D eigenvalue weighted by Crippen LogP contribution is 2.51. The topological polar surface area (TPSA) is 43.9 Å². The lowest BCUT2D eigenvalue weighted by Crippen LogP contribution is -2.03. The Labute approximate surface area is 283 Å². The Bertz CT molecular complexity index is 3200. The molecule has 4 aromatic heterocycles. The van der Waals surface area contributed by atoms with Crippen molar-refractivity contribution in [3.8, 4) is 39.3 Å². The van der Waals surface area contributed by atoms with Crippen LogP contribution in [0.4, 0.5) is 0 Å². The summed E-state index contributed by atoms with van der Waals surface area (Å²) in [6.45, 7) is 0. The number of aromatic nitrogens is 3. The van der Waals surface area contributed by atoms with Crippen molar-refractivity contribution >= 4 is 86.3 Å². The lowest BCUT2D eigenvalue weighted by molar-refractivity contribution is 0.669. The maximum absolute atomic E-state index is 6.53. The van der Waals surface area contributed by atoms with E-state index in [4.69, 9.17) is 14.4 Å². The van der Waals surface area contributed by atoms with E-state index >= 15 is 0 Å². The maximum atomic E-state index is 6.53. The fraction of sp³-hybridized carbons (Fsp3) is 0. The van der Waals surface area contributed by atoms with Gasteiger partial charge in [-0.15, -0.1) is 11.3 Å². The SMILES string of the molecule is c1ccc(-c2ccc(-c3nc4sc5ccccc5c4nc3-n3c4ccc5cccc6c5c4c4c5c(ccc43)oc3cccc-6c35)cc2)cc1. The number of fused-ring (bicyclic) bond motifs is 4. The number of benzene rings is 7. The molecule has 1 aliphatic rings. The Kier molecular flexibility index (Phi) is 4.83. The van der Waals surface area contributed by atoms with Crippen LogP contribution in [0.3, 0.4) is 0 Å². The molecule has 0 N–H and O–H groups in total. The van der Waals surface area contributed by atoms with Crippen LogP contribution in [0.2, 0.25) is 0 Å². The summed E-state index contributed by atoms with van der Waals surface area (Å²) in [5, 5.41) is 8.40. The molecule has 12 rings (SSSR count). The third-order valence-electron chi connectivity index (χ3n) is 10.4. The van der Waals surface area contributed by atoms with Gasteiger partial charge in [-0.1, -0.05) is 109 Å². The summed E-state index contributed by atoms with van der Waals surface area (Å²) in [6.07, 6.45) is 0. The largest absolute Gasteiger partial charge is 0.456 e. The number of thiophene rings is 1. The Balaban J connectivity index is 1.25. The summed E-state index contributed by atoms with van der Waals surface area (Å²) in [7, 11) is 0. The molecular weight excluding hydrogens is 619 g/mol. The predicted octanol–water partition coefficient (Wildman–Crippen LogP) is 12.3. The Hall–Kier alpha value is -6.30. The molecule has 0 bridgehead atoms. The number of rotatable bonds is 3. The lowest BCUT2D eigenvalue weighted by Gasteiger charge is -2.14. The van der Waals surface area contributed by atoms with Gasteiger partial charge in [0.25, 0.3) is 0 Å². The van der Waals surface area contributed by atoms with E-state index in [9.17, 15) is 0 Å². The first kappa shape index (κ1) is 25.7. The van der Waals surface area contributed by atoms with Gasteiger partial charge in [0.05, 0.1) is 11.0 Å². The molecule has 0 fully saturated rings. The van der Waals surface area contributed by atoms with Gasteiger partial charge in [-0.25, -0.2) is 9.97 Å². The minimum atomic E-state index is 0.827. The van der Waals surface area contributed by atoms with Crippen molar-refractivity contribution in [1.82, 2.24) is 14.5 Å². The van der Waals surface area contributed by atoms with Crippen LogP contribution in [-0.2, 0) is 0 Å². The smallest absolute Gasteiger partial charge is 0.165 e. The van der Waals surface area contributed by atoms with Crippen molar-refractivity contribution in [2.24, 2.45) is 0 Å². The Morgan fingerprint density at radius 3 is 2.06 bits per heavy atom. The highest BCUT2D eigenvalue weighted by atomic mass is 32.1. The molecule has 11 aromatic rings. The molecule has 5 heteroatoms. The van der Waals surface area contributed by atoms with Crippen molar-refractivity contribution in [3.05, 3.63) is 140 Å². The highest BCUT2D eigenvalue weighted by Gasteiger charge is 2.28. The van der Waals surface area contributed by atoms with Crippen LogP contribution in [0.15, 0.2) is 144 Å². The molecule has 0 saturated heterocycles. The zero-order chi connectivity index (χ0) is 31.8. The molecule has 0 radical (unpaired) electrons. The first-order chi connectivity index (χ1) is 24.3. The van der Waals surface area contributed by atoms with Crippen LogP contribution in [0.25, 0.3) is 114 Å². The molecule has 7 aromatic carbocycles. The minimum Gasteiger partial charge on any atom is -0.456 e. The number of hydrogen-bond acceptors (Lipinski definition) is 4. The average molecular weight is 642 g/mol. The fourth-order valence-corrected chi connectivity index (χ4v) is 9.28. The first-order valence-corrected chi connectivity index (χ1v) is 17.3. The zero-order valence-electron chi connectivity index (χ0n) is 25.9. The summed E-state index contributed by atoms with van der Waals surface area (Å²) in [5.74, 6) is 0.827. The van der Waals surface area contributed by atoms with E-state index in [2.05, 4.69) is 144 Å². The second-order valence-electron chi connectivity index (χ2n) is 12.9. The van der Waals surface area contributed by atoms with Crippen LogP contribution < -0.4 is 0 Å². The van der Waals surface area contributed by atoms with Crippen molar-refractivity contribution in [2.45, 2.75) is 0 Å². The fourth-order valence-electron chi connectivity index (χ4n) is 8.27. The highest BCUT2D eigenvalue weighted by molar-refractivity contribution is 7.25. The second-order valence-corrected chi connectivity index (χ2v) is 13.9. The summed E-state index contributed by atoms with van der Waals surface area (Å²) in [6, 6.07) is 49.7. The summed E-state index contributed by atoms with van der Waals surface area (Å²) < 4.78 is 10.1. The Morgan fingerprint density at radius 2 is 1.18 bits per heavy atom. The van der Waals surface area contributed by atoms with E-state index < -0.39 is 0 Å². The van der Waals surface area contributed by atoms with Gasteiger partial charge in [0.2, 0.25) is 0 Å². The molecule has 0 amide bonds. The monoisotopic (exact) mass is 641 g/mol. The van der Waals surface area contributed by atoms with Gasteiger partial charge in [-0.2, -0.15) is 0 Å². The van der Waals surface area contributed by atoms with E-state index in [0.717, 1.165) is 55.0 Å². The van der Waals surface area contributed by atoms with Gasteiger partial charge in [-0.3, -0.25) is 4.57 Å². The molecule has 226 valence electrons. The zero-order valence-corrected chi connectivity index (χ0v) is 26.8. The van der Waals surface area contributed by atoms with Crippen molar-refractivity contribution in [2.75, 3.05) is 0 Å². The van der Waals surface area contributed by atoms with Gasteiger partial charge in [0, 0.05) is 37.2 Å². The first-order valence-electron chi connectivity index (χ1n) is 16.5. The van der Waals surface area contributed by atoms with E-state index in [-0.39, 0.29) is 0 Å². The van der Waals surface area contributed by atoms with E-state index in [1.807, 2.05) is 0 Å². The number of hydrogen-bond donors (Lipinski definition) is 0. The van der Waals surface area contributed by atoms with E-state index in [1.54, 1.807) is 11.3 Å². The Morgan fingerprint density at radius 1 is 0.490 bits per heavy atom. The van der Waals surface area contributed by atoms with Crippen LogP contribution in [-0.4, -0.2) is 14.5 Å². The van der Waals surface area contributed by atoms with Crippen LogP contribution in [0.5, 0.6) is 0 Å². The lowest BCUT2D eigenvalue weighted by atomic mass is 9.95. The summed E-state index contributed by atoms with van der Waals surface area (Å²) in [4.78, 5) is 12.0. The van der Waals surface area contributed by atoms with Crippen molar-refractivity contribution in [3.63, 3.8) is 0 Å². The minimum absolute atomic E-state index is 0.827. The predicted molar refractivity (Wildman–Crippen MR) is 204 cm³/mol. The second kappa shape index (κ2) is 9.19. The van der Waals surface area contributed by atoms with Gasteiger partial charge in [-0.05, 0) is 63.4 Å². The van der Waals surface area contributed by atoms with Gasteiger partial charge in [0.15, 0.2) is 5.82 Å². The average Bonchev–Trinajstić information content (AvgIpc) is 3.80. The molecule has 49 heavy (non-hydrogen) atoms. The number of nitrogens with zero attached hydrogens (tertiary/aromatic N) is 3. The van der Waals surface area contributed by atoms with E-state index in [1.165, 1.54) is 59.3 Å². The van der Waals surface area contributed by atoms with Crippen LogP contribution >= 0.6 is 11.3 Å². The third-order valence-corrected chi connectivity index (χ3v) is 11.4. The maximum Gasteiger partial charge on any atom is 0.165 e. The van der Waals surface area contributed by atoms with Crippen LogP contribution in [0, 0.1) is 0 Å². The van der Waals surface area contributed by atoms with Crippen molar-refractivity contribution < 1.29 is 4.42 Å². The summed E-state index contributed by atoms with van der Waals surface area (Å²) in [5.41, 5.74) is 11.7. The van der Waals surface area contributed by atoms with Crippen molar-refractivity contribution in [1.29, 1.82) is 0 Å². The molecule has 1 aliphatic carbocycles. The van der Waals surface area contributed by atoms with E-state index in [0.29, 0.717) is 0 Å². The molecular formula is C44H23N3OS. The quantitative estimate of drug-likeness (QED) is 0.193. The standard InChI is InChI=1S/C44H23N3OS/c1-2-8-24(9-3-1)25-16-18-27(19-17-25)41-43(45-42-30-11-4-5-15-35(30)49-44(42)46-41)47-31-21-20-26-10-6-12-28-29-13-7-14-33-37(29)40-34(48-33)23-22-32(47)39(40)38(31)36(26)28/h1-23H. The van der Waals surface area contributed by atoms with Gasteiger partial charge in [0.1, 0.15) is 27.2 Å². The normalized spacial score (nSPS) is 12.5. The molecule has 0 saturated carbocycles. The molecule has 0 atom stereocenters. The molecule has 0 aliphatic heterocycles. The van der Waals surface area contributed by atoms with Crippen LogP contribution in [0.1, 0.15) is 0 Å². The third kappa shape index (κ3) is 3.32. The molecule has 0 spiro atoms. The molecule has 0 unspecified atom stereocenters. The molecule has 4 heterocycles. The van der Waals surface area contributed by atoms with Gasteiger partial charge < -0.3 is 4.42 Å². The van der Waals surface area contributed by atoms with Gasteiger partial charge >= 0.3 is 0 Å². The summed E-state index contributed by atoms with van der Waals surface area (Å²) >= 11 is 1.70. The number of furan rings is 1.